The van der Waals surface area contributed by atoms with E-state index in [1.807, 2.05) is 0 Å². The van der Waals surface area contributed by atoms with Crippen LogP contribution < -0.4 is 10.0 Å². The molecule has 256 valence electrons. The number of hydrogen-bond acceptors (Lipinski definition) is 14. The van der Waals surface area contributed by atoms with Crippen LogP contribution in [-0.4, -0.2) is 125 Å². The predicted octanol–water partition coefficient (Wildman–Crippen LogP) is -0.708. The Bertz CT molecular complexity index is 1640. The van der Waals surface area contributed by atoms with Gasteiger partial charge in [-0.3, -0.25) is 18.9 Å². The molecular weight excluding hydrogens is 677 g/mol. The van der Waals surface area contributed by atoms with Crippen molar-refractivity contribution in [3.63, 3.8) is 0 Å². The monoisotopic (exact) mass is 711 g/mol. The molecule has 2 aliphatic heterocycles. The number of methoxy groups -OCH3 is 1. The smallest absolute Gasteiger partial charge is 0.369 e. The number of aliphatic hydroxyl groups excluding tert-OH is 2. The van der Waals surface area contributed by atoms with E-state index in [4.69, 9.17) is 30.5 Å². The first-order chi connectivity index (χ1) is 21.7. The lowest BCUT2D eigenvalue weighted by Gasteiger charge is -2.31. The minimum Gasteiger partial charge on any atom is -0.387 e. The summed E-state index contributed by atoms with van der Waals surface area (Å²) < 4.78 is 53.3. The van der Waals surface area contributed by atoms with Crippen LogP contribution in [0.2, 0.25) is 5.28 Å². The van der Waals surface area contributed by atoms with Crippen LogP contribution in [0, 0.1) is 5.92 Å². The zero-order chi connectivity index (χ0) is 33.4. The van der Waals surface area contributed by atoms with Crippen molar-refractivity contribution < 1.29 is 57.3 Å². The van der Waals surface area contributed by atoms with Crippen molar-refractivity contribution in [2.75, 3.05) is 45.1 Å². The fourth-order valence-corrected chi connectivity index (χ4v) is 7.43. The van der Waals surface area contributed by atoms with Crippen LogP contribution in [0.1, 0.15) is 31.9 Å². The predicted molar refractivity (Wildman–Crippen MR) is 159 cm³/mol. The van der Waals surface area contributed by atoms with Crippen LogP contribution in [0.3, 0.4) is 0 Å². The van der Waals surface area contributed by atoms with Crippen LogP contribution in [0.5, 0.6) is 0 Å². The molecule has 5 rings (SSSR count). The fourth-order valence-electron chi connectivity index (χ4n) is 5.31. The number of anilines is 1. The van der Waals surface area contributed by atoms with E-state index in [-0.39, 0.29) is 30.2 Å². The van der Waals surface area contributed by atoms with Crippen molar-refractivity contribution in [2.45, 2.75) is 61.6 Å². The summed E-state index contributed by atoms with van der Waals surface area (Å²) in [5, 5.41) is 26.5. The minimum atomic E-state index is -5.63. The van der Waals surface area contributed by atoms with E-state index in [0.29, 0.717) is 11.2 Å². The summed E-state index contributed by atoms with van der Waals surface area (Å²) in [6.45, 7) is -1.81. The Morgan fingerprint density at radius 3 is 2.54 bits per heavy atom. The number of aliphatic hydroxyl groups is 2. The van der Waals surface area contributed by atoms with Crippen LogP contribution >= 0.6 is 19.2 Å². The van der Waals surface area contributed by atoms with E-state index in [0.717, 1.165) is 39.0 Å². The quantitative estimate of drug-likeness (QED) is 0.117. The van der Waals surface area contributed by atoms with Gasteiger partial charge < -0.3 is 44.3 Å². The number of carbonyl (C=O) groups is 2. The van der Waals surface area contributed by atoms with E-state index < -0.39 is 78.3 Å². The van der Waals surface area contributed by atoms with E-state index >= 15 is 0 Å². The summed E-state index contributed by atoms with van der Waals surface area (Å²) in [6, 6.07) is 0.180. The molecule has 1 aliphatic carbocycles. The fraction of sp³-hybridized carbons (Fsp3) is 0.708. The summed E-state index contributed by atoms with van der Waals surface area (Å²) in [4.78, 5) is 54.5. The summed E-state index contributed by atoms with van der Waals surface area (Å²) in [5.41, 5.74) is 0.171. The van der Waals surface area contributed by atoms with E-state index in [9.17, 15) is 38.4 Å². The minimum absolute atomic E-state index is 0.0674. The van der Waals surface area contributed by atoms with Gasteiger partial charge in [0.05, 0.1) is 43.9 Å². The number of amides is 2. The summed E-state index contributed by atoms with van der Waals surface area (Å²) in [6.07, 6.45) is 0.153. The number of halogens is 1. The average Bonchev–Trinajstić information content (AvgIpc) is 3.65. The SMILES string of the molecule is COC[C@@](OC[C@H]1O[C@@H](n2ncc3c(NC4CCCC4)nc(Cl)nc32)[C@H](O)[C@@H]1O)(C(=O)N=S(C)(=O)NC(=O)C1COC1)P(=O)(O)O. The topological polar surface area (TPSA) is 266 Å². The van der Waals surface area contributed by atoms with E-state index in [2.05, 4.69) is 29.5 Å². The van der Waals surface area contributed by atoms with E-state index in [1.54, 1.807) is 0 Å². The Morgan fingerprint density at radius 1 is 1.24 bits per heavy atom. The van der Waals surface area contributed by atoms with Crippen LogP contribution in [0.4, 0.5) is 5.82 Å². The molecule has 2 amide bonds. The Labute approximate surface area is 267 Å². The molecule has 46 heavy (non-hydrogen) atoms. The van der Waals surface area contributed by atoms with Crippen molar-refractivity contribution in [3.8, 4) is 0 Å². The third-order valence-electron chi connectivity index (χ3n) is 7.89. The van der Waals surface area contributed by atoms with Crippen LogP contribution in [0.15, 0.2) is 10.6 Å². The van der Waals surface area contributed by atoms with Crippen molar-refractivity contribution in [1.29, 1.82) is 0 Å². The van der Waals surface area contributed by atoms with Gasteiger partial charge in [-0.05, 0) is 24.4 Å². The Hall–Kier alpha value is -2.36. The van der Waals surface area contributed by atoms with Crippen LogP contribution in [-0.2, 0) is 43.0 Å². The zero-order valence-corrected chi connectivity index (χ0v) is 27.2. The maximum absolute atomic E-state index is 13.3. The maximum Gasteiger partial charge on any atom is 0.369 e. The highest BCUT2D eigenvalue weighted by Crippen LogP contribution is 2.53. The van der Waals surface area contributed by atoms with Gasteiger partial charge in [0.2, 0.25) is 11.2 Å². The third-order valence-corrected chi connectivity index (χ3v) is 10.5. The Morgan fingerprint density at radius 2 is 1.93 bits per heavy atom. The molecular formula is C24H35ClN7O12PS. The molecule has 2 saturated heterocycles. The highest BCUT2D eigenvalue weighted by molar-refractivity contribution is 7.91. The number of nitrogens with zero attached hydrogens (tertiary/aromatic N) is 5. The van der Waals surface area contributed by atoms with Crippen molar-refractivity contribution >= 4 is 57.8 Å². The molecule has 22 heteroatoms. The first-order valence-electron chi connectivity index (χ1n) is 14.2. The second-order valence-corrected chi connectivity index (χ2v) is 15.5. The van der Waals surface area contributed by atoms with Gasteiger partial charge in [0.1, 0.15) is 34.0 Å². The van der Waals surface area contributed by atoms with Gasteiger partial charge in [0.25, 0.3) is 5.34 Å². The van der Waals surface area contributed by atoms with Gasteiger partial charge >= 0.3 is 13.5 Å². The molecule has 19 nitrogen and oxygen atoms in total. The number of rotatable bonds is 12. The van der Waals surface area contributed by atoms with Gasteiger partial charge in [-0.1, -0.05) is 12.8 Å². The number of hydrogen-bond donors (Lipinski definition) is 6. The molecule has 0 bridgehead atoms. The lowest BCUT2D eigenvalue weighted by atomic mass is 10.1. The largest absolute Gasteiger partial charge is 0.387 e. The van der Waals surface area contributed by atoms with Crippen LogP contribution in [0.25, 0.3) is 11.0 Å². The summed E-state index contributed by atoms with van der Waals surface area (Å²) in [5.74, 6) is -2.63. The average molecular weight is 712 g/mol. The number of nitrogens with one attached hydrogen (secondary N) is 2. The summed E-state index contributed by atoms with van der Waals surface area (Å²) >= 11 is 6.19. The maximum atomic E-state index is 13.3. The van der Waals surface area contributed by atoms with Crippen molar-refractivity contribution in [3.05, 3.63) is 11.5 Å². The lowest BCUT2D eigenvalue weighted by molar-refractivity contribution is -0.149. The third kappa shape index (κ3) is 7.07. The number of fused-ring (bicyclic) bond motifs is 1. The van der Waals surface area contributed by atoms with E-state index in [1.165, 1.54) is 10.9 Å². The number of ether oxygens (including phenoxy) is 4. The first kappa shape index (κ1) is 35.0. The Kier molecular flexibility index (Phi) is 10.4. The molecule has 2 aromatic rings. The molecule has 3 aliphatic rings. The van der Waals surface area contributed by atoms with Crippen molar-refractivity contribution in [1.82, 2.24) is 24.5 Å². The molecule has 0 spiro atoms. The molecule has 1 unspecified atom stereocenters. The molecule has 4 heterocycles. The molecule has 0 aromatic carbocycles. The molecule has 6 atom stereocenters. The van der Waals surface area contributed by atoms with Gasteiger partial charge in [0.15, 0.2) is 11.9 Å². The van der Waals surface area contributed by atoms with Gasteiger partial charge in [-0.25, -0.2) is 8.89 Å². The number of carbonyl (C=O) groups excluding carboxylic acids is 2. The lowest BCUT2D eigenvalue weighted by Crippen LogP contribution is -2.49. The normalized spacial score (nSPS) is 26.8. The first-order valence-corrected chi connectivity index (χ1v) is 18.1. The summed E-state index contributed by atoms with van der Waals surface area (Å²) in [7, 11) is -8.47. The highest BCUT2D eigenvalue weighted by Gasteiger charge is 2.57. The number of aromatic nitrogens is 4. The highest BCUT2D eigenvalue weighted by atomic mass is 35.5. The molecule has 6 N–H and O–H groups in total. The molecule has 3 fully saturated rings. The second kappa shape index (κ2) is 13.6. The van der Waals surface area contributed by atoms with Crippen molar-refractivity contribution in [2.24, 2.45) is 10.3 Å². The standard InChI is InChI=1S/C24H35ClN7O12PS/c1-41-11-24(45(37,38)39,22(36)31-46(2,40)30-20(35)12-8-42-9-12)43-10-15-16(33)17(34)21(44-15)32-19-14(7-26-32)18(28-23(25)29-19)27-13-5-3-4-6-13/h7,12-13,15-17,21,33-34H,3-6,8-11H2,1-2H3,(H,27,28,29)(H2,37,38,39)(H,30,31,35,36,40)/t15-,16-,17-,21-,24+,46?/m1/s1. The van der Waals surface area contributed by atoms with Gasteiger partial charge in [-0.15, -0.1) is 4.36 Å². The molecule has 0 radical (unpaired) electrons. The van der Waals surface area contributed by atoms with Gasteiger partial charge in [0, 0.05) is 19.4 Å². The zero-order valence-electron chi connectivity index (χ0n) is 24.7. The second-order valence-electron chi connectivity index (χ2n) is 11.3. The molecule has 2 aromatic heterocycles. The molecule has 1 saturated carbocycles. The Balaban J connectivity index is 1.37. The van der Waals surface area contributed by atoms with Gasteiger partial charge in [-0.2, -0.15) is 15.1 Å².